The summed E-state index contributed by atoms with van der Waals surface area (Å²) in [5.41, 5.74) is 1.68. The van der Waals surface area contributed by atoms with Crippen LogP contribution in [0, 0.1) is 0 Å². The Kier molecular flexibility index (Phi) is 5.34. The molecule has 1 amide bonds. The largest absolute Gasteiger partial charge is 0.497 e. The molecule has 3 aromatic rings. The van der Waals surface area contributed by atoms with Crippen molar-refractivity contribution in [2.45, 2.75) is 0 Å². The number of ether oxygens (including phenoxy) is 2. The van der Waals surface area contributed by atoms with E-state index in [1.807, 2.05) is 12.1 Å². The highest BCUT2D eigenvalue weighted by Crippen LogP contribution is 2.24. The van der Waals surface area contributed by atoms with E-state index in [9.17, 15) is 4.79 Å². The van der Waals surface area contributed by atoms with Crippen molar-refractivity contribution in [3.63, 3.8) is 0 Å². The molecule has 0 spiro atoms. The van der Waals surface area contributed by atoms with E-state index in [2.05, 4.69) is 15.3 Å². The van der Waals surface area contributed by atoms with Gasteiger partial charge in [-0.1, -0.05) is 23.7 Å². The molecular formula is C19H16ClN3O3. The van der Waals surface area contributed by atoms with Gasteiger partial charge in [-0.2, -0.15) is 0 Å². The molecule has 0 unspecified atom stereocenters. The number of carbonyl (C=O) groups excluding carboxylic acids is 1. The zero-order valence-electron chi connectivity index (χ0n) is 14.2. The number of nitrogens with zero attached hydrogens (tertiary/aromatic N) is 2. The van der Waals surface area contributed by atoms with E-state index in [0.29, 0.717) is 33.6 Å². The number of methoxy groups -OCH3 is 2. The Morgan fingerprint density at radius 1 is 1.00 bits per heavy atom. The van der Waals surface area contributed by atoms with Gasteiger partial charge in [-0.15, -0.1) is 0 Å². The summed E-state index contributed by atoms with van der Waals surface area (Å²) >= 11 is 5.98. The summed E-state index contributed by atoms with van der Waals surface area (Å²) in [7, 11) is 3.05. The van der Waals surface area contributed by atoms with Crippen molar-refractivity contribution in [3.8, 4) is 22.9 Å². The molecule has 3 rings (SSSR count). The van der Waals surface area contributed by atoms with Crippen molar-refractivity contribution < 1.29 is 14.3 Å². The molecule has 0 saturated carbocycles. The average Bonchev–Trinajstić information content (AvgIpc) is 2.68. The molecule has 6 nitrogen and oxygen atoms in total. The lowest BCUT2D eigenvalue weighted by atomic mass is 10.2. The average molecular weight is 370 g/mol. The summed E-state index contributed by atoms with van der Waals surface area (Å²) in [5.74, 6) is 1.26. The number of halogens is 1. The van der Waals surface area contributed by atoms with E-state index in [4.69, 9.17) is 21.1 Å². The Morgan fingerprint density at radius 2 is 1.65 bits per heavy atom. The van der Waals surface area contributed by atoms with E-state index in [1.165, 1.54) is 14.2 Å². The van der Waals surface area contributed by atoms with E-state index in [-0.39, 0.29) is 5.91 Å². The standard InChI is InChI=1S/C19H16ClN3O3/c1-25-16-7-13(8-17(9-16)26-2)19(24)23-15-10-21-18(22-11-15)12-4-3-5-14(20)6-12/h3-11H,1-2H3,(H,23,24). The number of aromatic nitrogens is 2. The van der Waals surface area contributed by atoms with Gasteiger partial charge in [0, 0.05) is 22.2 Å². The third-order valence-corrected chi connectivity index (χ3v) is 3.84. The van der Waals surface area contributed by atoms with Crippen LogP contribution in [0.4, 0.5) is 5.69 Å². The van der Waals surface area contributed by atoms with Crippen molar-refractivity contribution in [1.82, 2.24) is 9.97 Å². The number of rotatable bonds is 5. The fourth-order valence-corrected chi connectivity index (χ4v) is 2.50. The molecule has 0 fully saturated rings. The molecule has 7 heteroatoms. The Hall–Kier alpha value is -3.12. The highest BCUT2D eigenvalue weighted by atomic mass is 35.5. The molecule has 132 valence electrons. The van der Waals surface area contributed by atoms with E-state index < -0.39 is 0 Å². The Balaban J connectivity index is 1.78. The summed E-state index contributed by atoms with van der Waals surface area (Å²) in [6, 6.07) is 12.2. The monoisotopic (exact) mass is 369 g/mol. The second-order valence-corrected chi connectivity index (χ2v) is 5.80. The molecule has 1 N–H and O–H groups in total. The first kappa shape index (κ1) is 17.7. The van der Waals surface area contributed by atoms with Crippen LogP contribution in [0.1, 0.15) is 10.4 Å². The lowest BCUT2D eigenvalue weighted by Gasteiger charge is -2.09. The minimum Gasteiger partial charge on any atom is -0.497 e. The summed E-state index contributed by atoms with van der Waals surface area (Å²) in [5, 5.41) is 3.36. The Morgan fingerprint density at radius 3 is 2.23 bits per heavy atom. The van der Waals surface area contributed by atoms with Crippen LogP contribution in [0.2, 0.25) is 5.02 Å². The van der Waals surface area contributed by atoms with Crippen molar-refractivity contribution in [1.29, 1.82) is 0 Å². The van der Waals surface area contributed by atoms with Crippen LogP contribution in [0.25, 0.3) is 11.4 Å². The summed E-state index contributed by atoms with van der Waals surface area (Å²) in [6.45, 7) is 0. The quantitative estimate of drug-likeness (QED) is 0.734. The van der Waals surface area contributed by atoms with E-state index >= 15 is 0 Å². The zero-order valence-corrected chi connectivity index (χ0v) is 14.9. The van der Waals surface area contributed by atoms with Crippen LogP contribution >= 0.6 is 11.6 Å². The summed E-state index contributed by atoms with van der Waals surface area (Å²) < 4.78 is 10.4. The minimum absolute atomic E-state index is 0.318. The molecule has 0 aliphatic heterocycles. The number of anilines is 1. The predicted molar refractivity (Wildman–Crippen MR) is 100.0 cm³/mol. The molecule has 1 aromatic heterocycles. The maximum atomic E-state index is 12.5. The number of carbonyl (C=O) groups is 1. The van der Waals surface area contributed by atoms with Gasteiger partial charge in [-0.05, 0) is 24.3 Å². The summed E-state index contributed by atoms with van der Waals surface area (Å²) in [4.78, 5) is 21.0. The normalized spacial score (nSPS) is 10.3. The van der Waals surface area contributed by atoms with E-state index in [1.54, 1.807) is 42.7 Å². The van der Waals surface area contributed by atoms with Crippen molar-refractivity contribution >= 4 is 23.2 Å². The van der Waals surface area contributed by atoms with Gasteiger partial charge in [-0.25, -0.2) is 9.97 Å². The van der Waals surface area contributed by atoms with Crippen molar-refractivity contribution in [2.75, 3.05) is 19.5 Å². The molecule has 0 saturated heterocycles. The SMILES string of the molecule is COc1cc(OC)cc(C(=O)Nc2cnc(-c3cccc(Cl)c3)nc2)c1. The number of amides is 1. The van der Waals surface area contributed by atoms with Crippen LogP contribution in [0.3, 0.4) is 0 Å². The summed E-state index contributed by atoms with van der Waals surface area (Å²) in [6.07, 6.45) is 3.08. The van der Waals surface area contributed by atoms with Crippen molar-refractivity contribution in [3.05, 3.63) is 65.4 Å². The van der Waals surface area contributed by atoms with Crippen LogP contribution in [0.15, 0.2) is 54.9 Å². The molecule has 0 bridgehead atoms. The predicted octanol–water partition coefficient (Wildman–Crippen LogP) is 4.07. The van der Waals surface area contributed by atoms with Gasteiger partial charge in [0.1, 0.15) is 11.5 Å². The first-order valence-corrected chi connectivity index (χ1v) is 8.09. The second-order valence-electron chi connectivity index (χ2n) is 5.36. The topological polar surface area (TPSA) is 73.3 Å². The molecular weight excluding hydrogens is 354 g/mol. The second kappa shape index (κ2) is 7.84. The first-order chi connectivity index (χ1) is 12.6. The van der Waals surface area contributed by atoms with Gasteiger partial charge in [-0.3, -0.25) is 4.79 Å². The fraction of sp³-hybridized carbons (Fsp3) is 0.105. The lowest BCUT2D eigenvalue weighted by molar-refractivity contribution is 0.102. The van der Waals surface area contributed by atoms with Crippen molar-refractivity contribution in [2.24, 2.45) is 0 Å². The maximum absolute atomic E-state index is 12.5. The van der Waals surface area contributed by atoms with Gasteiger partial charge in [0.05, 0.1) is 32.3 Å². The number of hydrogen-bond acceptors (Lipinski definition) is 5. The van der Waals surface area contributed by atoms with E-state index in [0.717, 1.165) is 5.56 Å². The molecule has 26 heavy (non-hydrogen) atoms. The van der Waals surface area contributed by atoms with Crippen LogP contribution in [-0.2, 0) is 0 Å². The van der Waals surface area contributed by atoms with Crippen LogP contribution in [0.5, 0.6) is 11.5 Å². The number of hydrogen-bond donors (Lipinski definition) is 1. The maximum Gasteiger partial charge on any atom is 0.256 e. The van der Waals surface area contributed by atoms with Gasteiger partial charge in [0.2, 0.25) is 0 Å². The first-order valence-electron chi connectivity index (χ1n) is 7.71. The van der Waals surface area contributed by atoms with Gasteiger partial charge in [0.25, 0.3) is 5.91 Å². The lowest BCUT2D eigenvalue weighted by Crippen LogP contribution is -2.12. The number of benzene rings is 2. The third-order valence-electron chi connectivity index (χ3n) is 3.61. The van der Waals surface area contributed by atoms with Gasteiger partial charge < -0.3 is 14.8 Å². The zero-order chi connectivity index (χ0) is 18.5. The highest BCUT2D eigenvalue weighted by molar-refractivity contribution is 6.30. The molecule has 0 radical (unpaired) electrons. The Bertz CT molecular complexity index is 907. The number of nitrogens with one attached hydrogen (secondary N) is 1. The van der Waals surface area contributed by atoms with Crippen LogP contribution in [-0.4, -0.2) is 30.1 Å². The molecule has 0 aliphatic carbocycles. The van der Waals surface area contributed by atoms with Gasteiger partial charge >= 0.3 is 0 Å². The molecule has 0 atom stereocenters. The highest BCUT2D eigenvalue weighted by Gasteiger charge is 2.11. The van der Waals surface area contributed by atoms with Crippen LogP contribution < -0.4 is 14.8 Å². The molecule has 2 aromatic carbocycles. The minimum atomic E-state index is -0.318. The molecule has 1 heterocycles. The third kappa shape index (κ3) is 4.10. The molecule has 0 aliphatic rings. The smallest absolute Gasteiger partial charge is 0.256 e. The fourth-order valence-electron chi connectivity index (χ4n) is 2.31. The van der Waals surface area contributed by atoms with Gasteiger partial charge in [0.15, 0.2) is 5.82 Å². The Labute approximate surface area is 155 Å².